The van der Waals surface area contributed by atoms with Crippen molar-refractivity contribution in [2.45, 2.75) is 32.6 Å². The number of rotatable bonds is 5. The SMILES string of the molecule is Cc1ccc(CS(=O)(=O)N(C)C(C)C(=O)O)cc1C. The van der Waals surface area contributed by atoms with Gasteiger partial charge in [-0.3, -0.25) is 4.79 Å². The van der Waals surface area contributed by atoms with Crippen molar-refractivity contribution in [1.29, 1.82) is 0 Å². The molecule has 0 aliphatic carbocycles. The predicted octanol–water partition coefficient (Wildman–Crippen LogP) is 1.54. The topological polar surface area (TPSA) is 74.7 Å². The number of carboxylic acids is 1. The first kappa shape index (κ1) is 15.7. The number of aliphatic carboxylic acids is 1. The molecule has 106 valence electrons. The number of hydrogen-bond donors (Lipinski definition) is 1. The molecular formula is C13H19NO4S. The maximum absolute atomic E-state index is 12.1. The van der Waals surface area contributed by atoms with Gasteiger partial charge in [0.05, 0.1) is 5.75 Å². The molecule has 0 spiro atoms. The molecule has 6 heteroatoms. The molecule has 1 aromatic carbocycles. The Morgan fingerprint density at radius 3 is 2.37 bits per heavy atom. The fraction of sp³-hybridized carbons (Fsp3) is 0.462. The van der Waals surface area contributed by atoms with Crippen molar-refractivity contribution >= 4 is 16.0 Å². The number of aryl methyl sites for hydroxylation is 2. The molecule has 0 fully saturated rings. The van der Waals surface area contributed by atoms with Crippen LogP contribution in [0.1, 0.15) is 23.6 Å². The summed E-state index contributed by atoms with van der Waals surface area (Å²) >= 11 is 0. The second-order valence-corrected chi connectivity index (χ2v) is 6.73. The maximum Gasteiger partial charge on any atom is 0.321 e. The van der Waals surface area contributed by atoms with Crippen LogP contribution in [0.15, 0.2) is 18.2 Å². The zero-order chi connectivity index (χ0) is 14.8. The van der Waals surface area contributed by atoms with Crippen LogP contribution in [0, 0.1) is 13.8 Å². The van der Waals surface area contributed by atoms with E-state index in [4.69, 9.17) is 5.11 Å². The number of carboxylic acid groups (broad SMARTS) is 1. The molecule has 1 unspecified atom stereocenters. The highest BCUT2D eigenvalue weighted by atomic mass is 32.2. The molecule has 1 aromatic rings. The van der Waals surface area contributed by atoms with Crippen molar-refractivity contribution in [3.63, 3.8) is 0 Å². The highest BCUT2D eigenvalue weighted by Crippen LogP contribution is 2.15. The van der Waals surface area contributed by atoms with Crippen molar-refractivity contribution in [2.24, 2.45) is 0 Å². The van der Waals surface area contributed by atoms with Gasteiger partial charge in [-0.05, 0) is 37.5 Å². The van der Waals surface area contributed by atoms with Gasteiger partial charge in [-0.2, -0.15) is 4.31 Å². The molecule has 0 aromatic heterocycles. The van der Waals surface area contributed by atoms with E-state index in [0.29, 0.717) is 5.56 Å². The third-order valence-electron chi connectivity index (χ3n) is 3.26. The third kappa shape index (κ3) is 3.78. The number of hydrogen-bond acceptors (Lipinski definition) is 3. The van der Waals surface area contributed by atoms with Gasteiger partial charge in [0.1, 0.15) is 6.04 Å². The zero-order valence-corrected chi connectivity index (χ0v) is 12.4. The van der Waals surface area contributed by atoms with Crippen LogP contribution < -0.4 is 0 Å². The average molecular weight is 285 g/mol. The van der Waals surface area contributed by atoms with Crippen molar-refractivity contribution in [2.75, 3.05) is 7.05 Å². The summed E-state index contributed by atoms with van der Waals surface area (Å²) in [5.41, 5.74) is 2.77. The minimum absolute atomic E-state index is 0.192. The van der Waals surface area contributed by atoms with Gasteiger partial charge in [0, 0.05) is 7.05 Å². The summed E-state index contributed by atoms with van der Waals surface area (Å²) in [6.07, 6.45) is 0. The molecule has 1 rings (SSSR count). The predicted molar refractivity (Wildman–Crippen MR) is 73.4 cm³/mol. The van der Waals surface area contributed by atoms with Crippen LogP contribution in [-0.2, 0) is 20.6 Å². The first-order chi connectivity index (χ1) is 8.65. The molecule has 1 N–H and O–H groups in total. The van der Waals surface area contributed by atoms with Crippen LogP contribution in [0.3, 0.4) is 0 Å². The van der Waals surface area contributed by atoms with E-state index >= 15 is 0 Å². The first-order valence-electron chi connectivity index (χ1n) is 5.90. The van der Waals surface area contributed by atoms with Crippen LogP contribution in [0.4, 0.5) is 0 Å². The summed E-state index contributed by atoms with van der Waals surface area (Å²) in [4.78, 5) is 10.8. The fourth-order valence-corrected chi connectivity index (χ4v) is 2.98. The summed E-state index contributed by atoms with van der Waals surface area (Å²) in [6.45, 7) is 5.21. The average Bonchev–Trinajstić information content (AvgIpc) is 2.31. The van der Waals surface area contributed by atoms with E-state index in [0.717, 1.165) is 15.4 Å². The van der Waals surface area contributed by atoms with Crippen LogP contribution in [0.25, 0.3) is 0 Å². The Morgan fingerprint density at radius 2 is 1.89 bits per heavy atom. The van der Waals surface area contributed by atoms with Crippen LogP contribution in [-0.4, -0.2) is 36.9 Å². The highest BCUT2D eigenvalue weighted by molar-refractivity contribution is 7.88. The van der Waals surface area contributed by atoms with E-state index in [-0.39, 0.29) is 5.75 Å². The lowest BCUT2D eigenvalue weighted by Crippen LogP contribution is -2.40. The van der Waals surface area contributed by atoms with Crippen molar-refractivity contribution in [1.82, 2.24) is 4.31 Å². The van der Waals surface area contributed by atoms with Gasteiger partial charge in [0.15, 0.2) is 0 Å². The summed E-state index contributed by atoms with van der Waals surface area (Å²) < 4.78 is 25.1. The summed E-state index contributed by atoms with van der Waals surface area (Å²) in [7, 11) is -2.35. The van der Waals surface area contributed by atoms with E-state index in [9.17, 15) is 13.2 Å². The van der Waals surface area contributed by atoms with Gasteiger partial charge in [-0.1, -0.05) is 18.2 Å². The maximum atomic E-state index is 12.1. The van der Waals surface area contributed by atoms with Gasteiger partial charge in [0.2, 0.25) is 10.0 Å². The summed E-state index contributed by atoms with van der Waals surface area (Å²) in [5.74, 6) is -1.35. The first-order valence-corrected chi connectivity index (χ1v) is 7.50. The Labute approximate surface area is 113 Å². The third-order valence-corrected chi connectivity index (χ3v) is 5.15. The number of benzene rings is 1. The minimum Gasteiger partial charge on any atom is -0.480 e. The second kappa shape index (κ2) is 5.71. The largest absolute Gasteiger partial charge is 0.480 e. The van der Waals surface area contributed by atoms with E-state index in [1.165, 1.54) is 14.0 Å². The van der Waals surface area contributed by atoms with E-state index in [1.54, 1.807) is 6.07 Å². The number of likely N-dealkylation sites (N-methyl/N-ethyl adjacent to an activating group) is 1. The lowest BCUT2D eigenvalue weighted by molar-refractivity contribution is -0.140. The molecular weight excluding hydrogens is 266 g/mol. The molecule has 0 saturated heterocycles. The Bertz CT molecular complexity index is 580. The summed E-state index contributed by atoms with van der Waals surface area (Å²) in [6, 6.07) is 4.35. The molecule has 0 heterocycles. The Balaban J connectivity index is 2.96. The molecule has 0 amide bonds. The number of carbonyl (C=O) groups is 1. The van der Waals surface area contributed by atoms with Gasteiger partial charge in [-0.25, -0.2) is 8.42 Å². The number of nitrogens with zero attached hydrogens (tertiary/aromatic N) is 1. The Kier molecular flexibility index (Phi) is 4.70. The normalized spacial score (nSPS) is 13.5. The van der Waals surface area contributed by atoms with E-state index < -0.39 is 22.0 Å². The molecule has 0 radical (unpaired) electrons. The molecule has 0 aliphatic heterocycles. The van der Waals surface area contributed by atoms with Gasteiger partial charge < -0.3 is 5.11 Å². The lowest BCUT2D eigenvalue weighted by Gasteiger charge is -2.21. The summed E-state index contributed by atoms with van der Waals surface area (Å²) in [5, 5.41) is 8.86. The Morgan fingerprint density at radius 1 is 1.32 bits per heavy atom. The quantitative estimate of drug-likeness (QED) is 0.890. The van der Waals surface area contributed by atoms with E-state index in [2.05, 4.69) is 0 Å². The molecule has 1 atom stereocenters. The van der Waals surface area contributed by atoms with Crippen LogP contribution in [0.2, 0.25) is 0 Å². The number of sulfonamides is 1. The monoisotopic (exact) mass is 285 g/mol. The Hall–Kier alpha value is -1.40. The molecule has 0 aliphatic rings. The fourth-order valence-electron chi connectivity index (χ4n) is 1.60. The molecule has 0 bridgehead atoms. The van der Waals surface area contributed by atoms with Crippen LogP contribution >= 0.6 is 0 Å². The van der Waals surface area contributed by atoms with Crippen molar-refractivity contribution in [3.8, 4) is 0 Å². The molecule has 5 nitrogen and oxygen atoms in total. The van der Waals surface area contributed by atoms with Crippen molar-refractivity contribution in [3.05, 3.63) is 34.9 Å². The van der Waals surface area contributed by atoms with Gasteiger partial charge >= 0.3 is 5.97 Å². The standard InChI is InChI=1S/C13H19NO4S/c1-9-5-6-12(7-10(9)2)8-19(17,18)14(4)11(3)13(15)16/h5-7,11H,8H2,1-4H3,(H,15,16). The van der Waals surface area contributed by atoms with E-state index in [1.807, 2.05) is 26.0 Å². The minimum atomic E-state index is -3.63. The smallest absolute Gasteiger partial charge is 0.321 e. The van der Waals surface area contributed by atoms with Crippen molar-refractivity contribution < 1.29 is 18.3 Å². The highest BCUT2D eigenvalue weighted by Gasteiger charge is 2.27. The van der Waals surface area contributed by atoms with Gasteiger partial charge in [-0.15, -0.1) is 0 Å². The zero-order valence-electron chi connectivity index (χ0n) is 11.5. The lowest BCUT2D eigenvalue weighted by atomic mass is 10.1. The molecule has 0 saturated carbocycles. The van der Waals surface area contributed by atoms with Gasteiger partial charge in [0.25, 0.3) is 0 Å². The molecule has 19 heavy (non-hydrogen) atoms. The second-order valence-electron chi connectivity index (χ2n) is 4.71. The van der Waals surface area contributed by atoms with Crippen LogP contribution in [0.5, 0.6) is 0 Å².